The molecule has 1 aliphatic carbocycles. The van der Waals surface area contributed by atoms with Crippen molar-refractivity contribution < 1.29 is 0 Å². The summed E-state index contributed by atoms with van der Waals surface area (Å²) in [5, 5.41) is 3.31. The van der Waals surface area contributed by atoms with Crippen LogP contribution in [0.25, 0.3) is 33.0 Å². The molecule has 8 rings (SSSR count). The van der Waals surface area contributed by atoms with Crippen LogP contribution in [0.5, 0.6) is 0 Å². The SMILES string of the molecule is CC1(C)c2cc(Cl)ccc2-c2c1cc(N(c1ccccc1)c1cccc3c1CSc1ccccc1-3)c1ccccc21. The summed E-state index contributed by atoms with van der Waals surface area (Å²) in [7, 11) is 0. The molecule has 0 bridgehead atoms. The van der Waals surface area contributed by atoms with Gasteiger partial charge in [0.25, 0.3) is 0 Å². The van der Waals surface area contributed by atoms with E-state index >= 15 is 0 Å². The van der Waals surface area contributed by atoms with E-state index in [4.69, 9.17) is 11.6 Å². The van der Waals surface area contributed by atoms with Crippen LogP contribution in [0.2, 0.25) is 5.02 Å². The summed E-state index contributed by atoms with van der Waals surface area (Å²) in [6.45, 7) is 4.66. The zero-order valence-corrected chi connectivity index (χ0v) is 24.6. The van der Waals surface area contributed by atoms with E-state index in [0.717, 1.165) is 16.5 Å². The molecule has 0 spiro atoms. The Morgan fingerprint density at radius 2 is 1.37 bits per heavy atom. The maximum absolute atomic E-state index is 6.55. The second-order valence-corrected chi connectivity index (χ2v) is 12.9. The first-order valence-corrected chi connectivity index (χ1v) is 15.4. The van der Waals surface area contributed by atoms with Crippen LogP contribution < -0.4 is 4.90 Å². The highest BCUT2D eigenvalue weighted by molar-refractivity contribution is 7.98. The first kappa shape index (κ1) is 24.8. The van der Waals surface area contributed by atoms with E-state index in [1.54, 1.807) is 0 Å². The third-order valence-electron chi connectivity index (χ3n) is 8.82. The van der Waals surface area contributed by atoms with Gasteiger partial charge in [-0.25, -0.2) is 0 Å². The van der Waals surface area contributed by atoms with Crippen molar-refractivity contribution in [1.29, 1.82) is 0 Å². The number of fused-ring (bicyclic) bond motifs is 8. The lowest BCUT2D eigenvalue weighted by molar-refractivity contribution is 0.661. The van der Waals surface area contributed by atoms with E-state index in [2.05, 4.69) is 134 Å². The van der Waals surface area contributed by atoms with Crippen molar-refractivity contribution in [1.82, 2.24) is 0 Å². The van der Waals surface area contributed by atoms with Gasteiger partial charge in [-0.3, -0.25) is 0 Å². The predicted molar refractivity (Wildman–Crippen MR) is 176 cm³/mol. The minimum atomic E-state index is -0.179. The summed E-state index contributed by atoms with van der Waals surface area (Å²) in [5.74, 6) is 0.935. The van der Waals surface area contributed by atoms with Crippen LogP contribution in [0.4, 0.5) is 17.1 Å². The van der Waals surface area contributed by atoms with E-state index in [-0.39, 0.29) is 5.41 Å². The topological polar surface area (TPSA) is 3.24 Å². The minimum absolute atomic E-state index is 0.179. The first-order chi connectivity index (χ1) is 20.0. The van der Waals surface area contributed by atoms with Gasteiger partial charge in [-0.15, -0.1) is 11.8 Å². The highest BCUT2D eigenvalue weighted by Gasteiger charge is 2.38. The molecule has 2 aliphatic rings. The second kappa shape index (κ2) is 9.27. The summed E-state index contributed by atoms with van der Waals surface area (Å²) >= 11 is 8.48. The lowest BCUT2D eigenvalue weighted by Crippen LogP contribution is -2.18. The van der Waals surface area contributed by atoms with Crippen LogP contribution in [-0.4, -0.2) is 0 Å². The van der Waals surface area contributed by atoms with E-state index in [1.165, 1.54) is 66.0 Å². The number of benzene rings is 6. The van der Waals surface area contributed by atoms with Gasteiger partial charge in [0.15, 0.2) is 0 Å². The second-order valence-electron chi connectivity index (χ2n) is 11.4. The molecule has 1 nitrogen and oxygen atoms in total. The smallest absolute Gasteiger partial charge is 0.0543 e. The van der Waals surface area contributed by atoms with E-state index in [0.29, 0.717) is 0 Å². The zero-order chi connectivity index (χ0) is 27.7. The van der Waals surface area contributed by atoms with Gasteiger partial charge in [-0.1, -0.05) is 104 Å². The highest BCUT2D eigenvalue weighted by Crippen LogP contribution is 2.56. The Kier molecular flexibility index (Phi) is 5.61. The molecule has 0 amide bonds. The van der Waals surface area contributed by atoms with Gasteiger partial charge in [0.1, 0.15) is 0 Å². The lowest BCUT2D eigenvalue weighted by atomic mass is 9.81. The van der Waals surface area contributed by atoms with Crippen molar-refractivity contribution >= 4 is 51.2 Å². The molecule has 6 aromatic rings. The Labute approximate surface area is 250 Å². The molecular formula is C38H28ClNS. The first-order valence-electron chi connectivity index (χ1n) is 14.1. The maximum atomic E-state index is 6.55. The van der Waals surface area contributed by atoms with E-state index in [1.807, 2.05) is 17.8 Å². The van der Waals surface area contributed by atoms with E-state index in [9.17, 15) is 0 Å². The average molecular weight is 566 g/mol. The molecule has 1 aliphatic heterocycles. The molecule has 0 saturated carbocycles. The Hall–Kier alpha value is -3.98. The molecule has 1 heterocycles. The molecule has 0 saturated heterocycles. The number of hydrogen-bond acceptors (Lipinski definition) is 2. The third kappa shape index (κ3) is 3.71. The lowest BCUT2D eigenvalue weighted by Gasteiger charge is -2.33. The van der Waals surface area contributed by atoms with Crippen molar-refractivity contribution in [3.8, 4) is 22.3 Å². The minimum Gasteiger partial charge on any atom is -0.310 e. The molecule has 0 radical (unpaired) electrons. The van der Waals surface area contributed by atoms with Gasteiger partial charge >= 0.3 is 0 Å². The standard InChI is InChI=1S/C38H28ClNS/c1-38(2)32-21-24(39)19-20-30(32)37-29-15-7-6-13-27(29)35(22-33(37)38)40(25-11-4-3-5-12-25)34-17-10-16-26-28-14-8-9-18-36(28)41-23-31(26)34/h3-22H,23H2,1-2H3. The van der Waals surface area contributed by atoms with Crippen LogP contribution in [0.15, 0.2) is 126 Å². The highest BCUT2D eigenvalue weighted by atomic mass is 35.5. The number of hydrogen-bond donors (Lipinski definition) is 0. The van der Waals surface area contributed by atoms with Crippen molar-refractivity contribution in [3.63, 3.8) is 0 Å². The van der Waals surface area contributed by atoms with Crippen LogP contribution >= 0.6 is 23.4 Å². The van der Waals surface area contributed by atoms with Gasteiger partial charge in [-0.2, -0.15) is 0 Å². The van der Waals surface area contributed by atoms with Gasteiger partial charge in [-0.05, 0) is 86.8 Å². The van der Waals surface area contributed by atoms with Crippen LogP contribution in [0.3, 0.4) is 0 Å². The number of halogens is 1. The van der Waals surface area contributed by atoms with Crippen molar-refractivity contribution in [2.24, 2.45) is 0 Å². The van der Waals surface area contributed by atoms with Crippen LogP contribution in [0.1, 0.15) is 30.5 Å². The largest absolute Gasteiger partial charge is 0.310 e. The summed E-state index contributed by atoms with van der Waals surface area (Å²) in [6.07, 6.45) is 0. The fourth-order valence-corrected chi connectivity index (χ4v) is 8.14. The van der Waals surface area contributed by atoms with Crippen molar-refractivity contribution in [3.05, 3.63) is 143 Å². The molecule has 0 atom stereocenters. The Morgan fingerprint density at radius 1 is 0.634 bits per heavy atom. The van der Waals surface area contributed by atoms with E-state index < -0.39 is 0 Å². The average Bonchev–Trinajstić information content (AvgIpc) is 3.23. The van der Waals surface area contributed by atoms with Gasteiger partial charge in [0.05, 0.1) is 11.4 Å². The molecule has 0 N–H and O–H groups in total. The monoisotopic (exact) mass is 565 g/mol. The Morgan fingerprint density at radius 3 is 2.22 bits per heavy atom. The van der Waals surface area contributed by atoms with Crippen molar-refractivity contribution in [2.45, 2.75) is 29.9 Å². The van der Waals surface area contributed by atoms with Gasteiger partial charge < -0.3 is 4.90 Å². The quantitative estimate of drug-likeness (QED) is 0.210. The molecule has 0 unspecified atom stereocenters. The fourth-order valence-electron chi connectivity index (χ4n) is 6.86. The summed E-state index contributed by atoms with van der Waals surface area (Å²) < 4.78 is 0. The number of para-hydroxylation sites is 1. The number of rotatable bonds is 3. The van der Waals surface area contributed by atoms with Crippen LogP contribution in [-0.2, 0) is 11.2 Å². The third-order valence-corrected chi connectivity index (χ3v) is 10.2. The normalized spacial score (nSPS) is 14.2. The fraction of sp³-hybridized carbons (Fsp3) is 0.105. The number of thioether (sulfide) groups is 1. The molecule has 6 aromatic carbocycles. The Balaban J connectivity index is 1.44. The molecule has 41 heavy (non-hydrogen) atoms. The van der Waals surface area contributed by atoms with Gasteiger partial charge in [0.2, 0.25) is 0 Å². The molecule has 3 heteroatoms. The predicted octanol–water partition coefficient (Wildman–Crippen LogP) is 11.5. The summed E-state index contributed by atoms with van der Waals surface area (Å²) in [5.41, 5.74) is 12.7. The maximum Gasteiger partial charge on any atom is 0.0543 e. The Bertz CT molecular complexity index is 1990. The summed E-state index contributed by atoms with van der Waals surface area (Å²) in [4.78, 5) is 3.84. The van der Waals surface area contributed by atoms with Crippen molar-refractivity contribution in [2.75, 3.05) is 4.90 Å². The zero-order valence-electron chi connectivity index (χ0n) is 23.0. The number of anilines is 3. The molecule has 0 aromatic heterocycles. The van der Waals surface area contributed by atoms with Gasteiger partial charge in [0, 0.05) is 32.2 Å². The number of nitrogens with zero attached hydrogens (tertiary/aromatic N) is 1. The molecule has 198 valence electrons. The molecular weight excluding hydrogens is 538 g/mol. The summed E-state index contributed by atoms with van der Waals surface area (Å²) in [6, 6.07) is 44.1. The van der Waals surface area contributed by atoms with Crippen LogP contribution in [0, 0.1) is 0 Å². The molecule has 0 fully saturated rings.